The summed E-state index contributed by atoms with van der Waals surface area (Å²) >= 11 is 0. The molecule has 1 saturated heterocycles. The van der Waals surface area contributed by atoms with Crippen LogP contribution in [0.15, 0.2) is 23.8 Å². The number of likely N-dealkylation sites (tertiary alicyclic amines) is 1. The molecule has 18 heavy (non-hydrogen) atoms. The standard InChI is InChI=1S/C16H27NO/c1-15(2)10-14(18)11-16(3,4)17(15)12-13-8-6-5-7-9-13/h6,8-9,14,18H,5,7,10-12H2,1-4H3. The number of aliphatic hydroxyl groups is 1. The van der Waals surface area contributed by atoms with Crippen molar-refractivity contribution in [1.82, 2.24) is 4.90 Å². The summed E-state index contributed by atoms with van der Waals surface area (Å²) in [5.74, 6) is 0. The van der Waals surface area contributed by atoms with Crippen molar-refractivity contribution in [3.63, 3.8) is 0 Å². The lowest BCUT2D eigenvalue weighted by molar-refractivity contribution is -0.0747. The fourth-order valence-corrected chi connectivity index (χ4v) is 3.66. The summed E-state index contributed by atoms with van der Waals surface area (Å²) < 4.78 is 0. The molecule has 2 nitrogen and oxygen atoms in total. The maximum Gasteiger partial charge on any atom is 0.0575 e. The maximum atomic E-state index is 10.0. The molecule has 1 N–H and O–H groups in total. The SMILES string of the molecule is CC1(C)CC(O)CC(C)(C)N1CC1=CCCC=C1. The van der Waals surface area contributed by atoms with Crippen LogP contribution in [0.25, 0.3) is 0 Å². The zero-order chi connectivity index (χ0) is 13.4. The van der Waals surface area contributed by atoms with Gasteiger partial charge in [0.25, 0.3) is 0 Å². The van der Waals surface area contributed by atoms with E-state index in [-0.39, 0.29) is 17.2 Å². The van der Waals surface area contributed by atoms with Gasteiger partial charge in [-0.15, -0.1) is 0 Å². The van der Waals surface area contributed by atoms with Crippen LogP contribution in [0, 0.1) is 0 Å². The Kier molecular flexibility index (Phi) is 3.70. The molecule has 1 aliphatic carbocycles. The minimum atomic E-state index is -0.165. The van der Waals surface area contributed by atoms with E-state index in [1.807, 2.05) is 0 Å². The Labute approximate surface area is 111 Å². The largest absolute Gasteiger partial charge is 0.393 e. The molecular formula is C16H27NO. The molecule has 0 saturated carbocycles. The topological polar surface area (TPSA) is 23.5 Å². The van der Waals surface area contributed by atoms with Crippen molar-refractivity contribution in [3.05, 3.63) is 23.8 Å². The molecule has 0 unspecified atom stereocenters. The van der Waals surface area contributed by atoms with E-state index in [0.717, 1.165) is 19.4 Å². The molecule has 2 aliphatic rings. The highest BCUT2D eigenvalue weighted by Gasteiger charge is 2.44. The molecule has 0 bridgehead atoms. The van der Waals surface area contributed by atoms with Crippen LogP contribution in [-0.2, 0) is 0 Å². The van der Waals surface area contributed by atoms with Gasteiger partial charge in [0, 0.05) is 17.6 Å². The molecule has 0 radical (unpaired) electrons. The first-order valence-corrected chi connectivity index (χ1v) is 7.13. The van der Waals surface area contributed by atoms with E-state index in [2.05, 4.69) is 50.8 Å². The Morgan fingerprint density at radius 1 is 1.17 bits per heavy atom. The highest BCUT2D eigenvalue weighted by Crippen LogP contribution is 2.39. The minimum Gasteiger partial charge on any atom is -0.393 e. The Hall–Kier alpha value is -0.600. The zero-order valence-corrected chi connectivity index (χ0v) is 12.2. The molecule has 0 atom stereocenters. The van der Waals surface area contributed by atoms with Gasteiger partial charge in [-0.05, 0) is 59.0 Å². The molecular weight excluding hydrogens is 222 g/mol. The highest BCUT2D eigenvalue weighted by atomic mass is 16.3. The van der Waals surface area contributed by atoms with Crippen molar-refractivity contribution < 1.29 is 5.11 Å². The van der Waals surface area contributed by atoms with E-state index in [9.17, 15) is 5.11 Å². The number of aliphatic hydroxyl groups excluding tert-OH is 1. The summed E-state index contributed by atoms with van der Waals surface area (Å²) in [5, 5.41) is 10.0. The van der Waals surface area contributed by atoms with Gasteiger partial charge in [-0.1, -0.05) is 18.2 Å². The summed E-state index contributed by atoms with van der Waals surface area (Å²) in [6, 6.07) is 0. The maximum absolute atomic E-state index is 10.0. The molecule has 1 fully saturated rings. The number of hydrogen-bond acceptors (Lipinski definition) is 2. The lowest BCUT2D eigenvalue weighted by Crippen LogP contribution is -2.62. The van der Waals surface area contributed by atoms with E-state index in [0.29, 0.717) is 0 Å². The first-order valence-electron chi connectivity index (χ1n) is 7.13. The first kappa shape index (κ1) is 13.8. The fraction of sp³-hybridized carbons (Fsp3) is 0.750. The number of hydrogen-bond donors (Lipinski definition) is 1. The summed E-state index contributed by atoms with van der Waals surface area (Å²) in [6.07, 6.45) is 10.8. The van der Waals surface area contributed by atoms with Crippen LogP contribution in [0.4, 0.5) is 0 Å². The molecule has 0 aromatic carbocycles. The predicted molar refractivity (Wildman–Crippen MR) is 76.6 cm³/mol. The Bertz CT molecular complexity index is 347. The number of rotatable bonds is 2. The summed E-state index contributed by atoms with van der Waals surface area (Å²) in [6.45, 7) is 10.0. The second-order valence-electron chi connectivity index (χ2n) is 7.03. The third kappa shape index (κ3) is 2.86. The molecule has 0 spiro atoms. The monoisotopic (exact) mass is 249 g/mol. The van der Waals surface area contributed by atoms with Gasteiger partial charge < -0.3 is 5.11 Å². The van der Waals surface area contributed by atoms with Crippen LogP contribution in [0.3, 0.4) is 0 Å². The van der Waals surface area contributed by atoms with Crippen LogP contribution in [0.5, 0.6) is 0 Å². The van der Waals surface area contributed by atoms with Crippen LogP contribution >= 0.6 is 0 Å². The van der Waals surface area contributed by atoms with E-state index in [1.165, 1.54) is 18.4 Å². The van der Waals surface area contributed by atoms with Crippen LogP contribution in [-0.4, -0.2) is 33.7 Å². The van der Waals surface area contributed by atoms with Gasteiger partial charge in [-0.2, -0.15) is 0 Å². The third-order valence-electron chi connectivity index (χ3n) is 4.34. The highest BCUT2D eigenvalue weighted by molar-refractivity contribution is 5.25. The predicted octanol–water partition coefficient (Wildman–Crippen LogP) is 3.28. The normalized spacial score (nSPS) is 28.2. The van der Waals surface area contributed by atoms with Crippen molar-refractivity contribution in [2.24, 2.45) is 0 Å². The molecule has 2 heteroatoms. The lowest BCUT2D eigenvalue weighted by Gasteiger charge is -2.54. The van der Waals surface area contributed by atoms with E-state index in [4.69, 9.17) is 0 Å². The molecule has 1 heterocycles. The molecule has 0 amide bonds. The van der Waals surface area contributed by atoms with Gasteiger partial charge in [0.1, 0.15) is 0 Å². The van der Waals surface area contributed by atoms with Crippen LogP contribution in [0.2, 0.25) is 0 Å². The molecule has 1 aliphatic heterocycles. The van der Waals surface area contributed by atoms with E-state index in [1.54, 1.807) is 0 Å². The molecule has 0 aromatic heterocycles. The van der Waals surface area contributed by atoms with Crippen molar-refractivity contribution in [2.45, 2.75) is 70.6 Å². The van der Waals surface area contributed by atoms with Crippen LogP contribution < -0.4 is 0 Å². The second kappa shape index (κ2) is 4.82. The average Bonchev–Trinajstić information content (AvgIpc) is 2.23. The summed E-state index contributed by atoms with van der Waals surface area (Å²) in [4.78, 5) is 2.56. The first-order chi connectivity index (χ1) is 8.31. The minimum absolute atomic E-state index is 0.0628. The Balaban J connectivity index is 2.17. The van der Waals surface area contributed by atoms with Crippen molar-refractivity contribution >= 4 is 0 Å². The van der Waals surface area contributed by atoms with Gasteiger partial charge in [0.2, 0.25) is 0 Å². The average molecular weight is 249 g/mol. The van der Waals surface area contributed by atoms with Gasteiger partial charge >= 0.3 is 0 Å². The smallest absolute Gasteiger partial charge is 0.0575 e. The van der Waals surface area contributed by atoms with E-state index < -0.39 is 0 Å². The van der Waals surface area contributed by atoms with E-state index >= 15 is 0 Å². The van der Waals surface area contributed by atoms with Crippen LogP contribution in [0.1, 0.15) is 53.4 Å². The number of piperidine rings is 1. The molecule has 102 valence electrons. The van der Waals surface area contributed by atoms with Crippen molar-refractivity contribution in [2.75, 3.05) is 6.54 Å². The Morgan fingerprint density at radius 2 is 1.78 bits per heavy atom. The third-order valence-corrected chi connectivity index (χ3v) is 4.34. The number of nitrogens with zero attached hydrogens (tertiary/aromatic N) is 1. The quantitative estimate of drug-likeness (QED) is 0.812. The molecule has 0 aromatic rings. The second-order valence-corrected chi connectivity index (χ2v) is 7.03. The van der Waals surface area contributed by atoms with Gasteiger partial charge in [-0.3, -0.25) is 4.90 Å². The van der Waals surface area contributed by atoms with Gasteiger partial charge in [0.05, 0.1) is 6.10 Å². The Morgan fingerprint density at radius 3 is 2.28 bits per heavy atom. The zero-order valence-electron chi connectivity index (χ0n) is 12.2. The van der Waals surface area contributed by atoms with Gasteiger partial charge in [-0.25, -0.2) is 0 Å². The summed E-state index contributed by atoms with van der Waals surface area (Å²) in [7, 11) is 0. The summed E-state index contributed by atoms with van der Waals surface area (Å²) in [5.41, 5.74) is 1.56. The lowest BCUT2D eigenvalue weighted by atomic mass is 9.77. The fourth-order valence-electron chi connectivity index (χ4n) is 3.66. The van der Waals surface area contributed by atoms with Crippen molar-refractivity contribution in [1.29, 1.82) is 0 Å². The number of allylic oxidation sites excluding steroid dienone is 2. The molecule has 2 rings (SSSR count). The van der Waals surface area contributed by atoms with Crippen molar-refractivity contribution in [3.8, 4) is 0 Å². The van der Waals surface area contributed by atoms with Gasteiger partial charge in [0.15, 0.2) is 0 Å².